The number of hydrogen-bond donors (Lipinski definition) is 0. The van der Waals surface area contributed by atoms with E-state index in [0.717, 1.165) is 32.7 Å². The van der Waals surface area contributed by atoms with Crippen LogP contribution in [0, 0.1) is 19.3 Å². The van der Waals surface area contributed by atoms with Gasteiger partial charge in [-0.25, -0.2) is 0 Å². The molecule has 3 nitrogen and oxygen atoms in total. The third kappa shape index (κ3) is 4.84. The largest absolute Gasteiger partial charge is 0.340 e. The number of carbonyl (C=O) groups is 1. The Morgan fingerprint density at radius 1 is 1.09 bits per heavy atom. The second-order valence-electron chi connectivity index (χ2n) is 7.82. The molecule has 1 aromatic carbocycles. The number of aryl methyl sites for hydroxylation is 2. The monoisotopic (exact) mass is 302 g/mol. The number of nitrogens with zero attached hydrogens (tertiary/aromatic N) is 2. The molecular weight excluding hydrogens is 272 g/mol. The first-order valence-corrected chi connectivity index (χ1v) is 8.31. The molecule has 0 saturated carbocycles. The van der Waals surface area contributed by atoms with E-state index >= 15 is 0 Å². The van der Waals surface area contributed by atoms with Gasteiger partial charge < -0.3 is 4.90 Å². The molecule has 1 aliphatic heterocycles. The van der Waals surface area contributed by atoms with Crippen molar-refractivity contribution in [2.24, 2.45) is 5.41 Å². The molecule has 0 spiro atoms. The molecule has 0 unspecified atom stereocenters. The SMILES string of the molecule is Cc1ccc(C)c(CN2CCN(C(=O)CC(C)(C)C)CC2)c1. The lowest BCUT2D eigenvalue weighted by atomic mass is 9.91. The lowest BCUT2D eigenvalue weighted by Gasteiger charge is -2.36. The maximum atomic E-state index is 12.3. The van der Waals surface area contributed by atoms with E-state index in [-0.39, 0.29) is 5.41 Å². The van der Waals surface area contributed by atoms with Gasteiger partial charge in [0.15, 0.2) is 0 Å². The van der Waals surface area contributed by atoms with Gasteiger partial charge in [-0.15, -0.1) is 0 Å². The highest BCUT2D eigenvalue weighted by atomic mass is 16.2. The van der Waals surface area contributed by atoms with Crippen molar-refractivity contribution in [3.05, 3.63) is 34.9 Å². The Kier molecular flexibility index (Phi) is 5.28. The van der Waals surface area contributed by atoms with Crippen LogP contribution in [0.5, 0.6) is 0 Å². The molecule has 22 heavy (non-hydrogen) atoms. The highest BCUT2D eigenvalue weighted by Gasteiger charge is 2.24. The average Bonchev–Trinajstić information content (AvgIpc) is 2.42. The van der Waals surface area contributed by atoms with E-state index in [0.29, 0.717) is 12.3 Å². The van der Waals surface area contributed by atoms with Crippen LogP contribution in [-0.4, -0.2) is 41.9 Å². The minimum Gasteiger partial charge on any atom is -0.340 e. The first kappa shape index (κ1) is 17.0. The molecule has 1 heterocycles. The molecule has 0 atom stereocenters. The fourth-order valence-corrected chi connectivity index (χ4v) is 2.93. The summed E-state index contributed by atoms with van der Waals surface area (Å²) in [4.78, 5) is 16.8. The lowest BCUT2D eigenvalue weighted by molar-refractivity contribution is -0.134. The van der Waals surface area contributed by atoms with Gasteiger partial charge in [-0.1, -0.05) is 44.5 Å². The van der Waals surface area contributed by atoms with E-state index in [1.807, 2.05) is 4.90 Å². The van der Waals surface area contributed by atoms with Crippen molar-refractivity contribution in [2.45, 2.75) is 47.6 Å². The highest BCUT2D eigenvalue weighted by Crippen LogP contribution is 2.21. The number of hydrogen-bond acceptors (Lipinski definition) is 2. The van der Waals surface area contributed by atoms with Crippen LogP contribution in [0.1, 0.15) is 43.9 Å². The zero-order chi connectivity index (χ0) is 16.3. The van der Waals surface area contributed by atoms with Crippen molar-refractivity contribution in [1.29, 1.82) is 0 Å². The number of benzene rings is 1. The fraction of sp³-hybridized carbons (Fsp3) is 0.632. The summed E-state index contributed by atoms with van der Waals surface area (Å²) in [6.45, 7) is 15.4. The van der Waals surface area contributed by atoms with E-state index in [4.69, 9.17) is 0 Å². The highest BCUT2D eigenvalue weighted by molar-refractivity contribution is 5.76. The second kappa shape index (κ2) is 6.82. The van der Waals surface area contributed by atoms with Gasteiger partial charge in [0.25, 0.3) is 0 Å². The quantitative estimate of drug-likeness (QED) is 0.854. The van der Waals surface area contributed by atoms with Gasteiger partial charge in [0, 0.05) is 39.1 Å². The molecule has 1 saturated heterocycles. The number of piperazine rings is 1. The Bertz CT molecular complexity index is 523. The maximum absolute atomic E-state index is 12.3. The van der Waals surface area contributed by atoms with E-state index in [9.17, 15) is 4.79 Å². The molecule has 0 aromatic heterocycles. The Balaban J connectivity index is 1.87. The topological polar surface area (TPSA) is 23.6 Å². The van der Waals surface area contributed by atoms with Gasteiger partial charge in [0.05, 0.1) is 0 Å². The molecule has 2 rings (SSSR count). The van der Waals surface area contributed by atoms with Crippen LogP contribution < -0.4 is 0 Å². The summed E-state index contributed by atoms with van der Waals surface area (Å²) in [6.07, 6.45) is 0.643. The first-order chi connectivity index (χ1) is 10.2. The summed E-state index contributed by atoms with van der Waals surface area (Å²) >= 11 is 0. The molecular formula is C19H30N2O. The van der Waals surface area contributed by atoms with E-state index in [1.165, 1.54) is 16.7 Å². The average molecular weight is 302 g/mol. The number of carbonyl (C=O) groups excluding carboxylic acids is 1. The second-order valence-corrected chi connectivity index (χ2v) is 7.82. The summed E-state index contributed by atoms with van der Waals surface area (Å²) < 4.78 is 0. The smallest absolute Gasteiger partial charge is 0.223 e. The Morgan fingerprint density at radius 3 is 2.32 bits per heavy atom. The number of rotatable bonds is 3. The molecule has 1 aromatic rings. The van der Waals surface area contributed by atoms with Crippen molar-refractivity contribution in [3.8, 4) is 0 Å². The van der Waals surface area contributed by atoms with Crippen molar-refractivity contribution in [2.75, 3.05) is 26.2 Å². The molecule has 3 heteroatoms. The number of amides is 1. The van der Waals surface area contributed by atoms with E-state index in [1.54, 1.807) is 0 Å². The minimum absolute atomic E-state index is 0.0763. The first-order valence-electron chi connectivity index (χ1n) is 8.31. The van der Waals surface area contributed by atoms with Crippen molar-refractivity contribution >= 4 is 5.91 Å². The third-order valence-corrected chi connectivity index (χ3v) is 4.31. The van der Waals surface area contributed by atoms with Crippen LogP contribution >= 0.6 is 0 Å². The molecule has 1 aliphatic rings. The van der Waals surface area contributed by atoms with Crippen LogP contribution in [0.3, 0.4) is 0 Å². The van der Waals surface area contributed by atoms with Gasteiger partial charge in [-0.2, -0.15) is 0 Å². The summed E-state index contributed by atoms with van der Waals surface area (Å²) in [5.41, 5.74) is 4.17. The lowest BCUT2D eigenvalue weighted by Crippen LogP contribution is -2.48. The standard InChI is InChI=1S/C19H30N2O/c1-15-6-7-16(2)17(12-15)14-20-8-10-21(11-9-20)18(22)13-19(3,4)5/h6-7,12H,8-11,13-14H2,1-5H3. The zero-order valence-electron chi connectivity index (χ0n) is 14.8. The van der Waals surface area contributed by atoms with Gasteiger partial charge in [0.2, 0.25) is 5.91 Å². The Hall–Kier alpha value is -1.35. The maximum Gasteiger partial charge on any atom is 0.223 e. The fourth-order valence-electron chi connectivity index (χ4n) is 2.93. The molecule has 0 bridgehead atoms. The van der Waals surface area contributed by atoms with Crippen LogP contribution in [0.2, 0.25) is 0 Å². The summed E-state index contributed by atoms with van der Waals surface area (Å²) in [5, 5.41) is 0. The van der Waals surface area contributed by atoms with E-state index < -0.39 is 0 Å². The summed E-state index contributed by atoms with van der Waals surface area (Å²) in [7, 11) is 0. The Morgan fingerprint density at radius 2 is 1.73 bits per heavy atom. The van der Waals surface area contributed by atoms with Crippen molar-refractivity contribution < 1.29 is 4.79 Å². The van der Waals surface area contributed by atoms with Crippen molar-refractivity contribution in [1.82, 2.24) is 9.80 Å². The van der Waals surface area contributed by atoms with Crippen LogP contribution in [-0.2, 0) is 11.3 Å². The normalized spacial score (nSPS) is 16.9. The zero-order valence-corrected chi connectivity index (χ0v) is 14.8. The molecule has 0 radical (unpaired) electrons. The van der Waals surface area contributed by atoms with Crippen LogP contribution in [0.4, 0.5) is 0 Å². The molecule has 1 amide bonds. The summed E-state index contributed by atoms with van der Waals surface area (Å²) in [6, 6.07) is 6.65. The van der Waals surface area contributed by atoms with Gasteiger partial charge in [0.1, 0.15) is 0 Å². The predicted molar refractivity (Wildman–Crippen MR) is 91.8 cm³/mol. The van der Waals surface area contributed by atoms with Gasteiger partial charge in [-0.3, -0.25) is 9.69 Å². The van der Waals surface area contributed by atoms with E-state index in [2.05, 4.69) is 57.7 Å². The van der Waals surface area contributed by atoms with Gasteiger partial charge >= 0.3 is 0 Å². The minimum atomic E-state index is 0.0763. The third-order valence-electron chi connectivity index (χ3n) is 4.31. The molecule has 122 valence electrons. The Labute approximate surface area is 135 Å². The molecule has 0 N–H and O–H groups in total. The molecule has 0 aliphatic carbocycles. The van der Waals surface area contributed by atoms with Crippen LogP contribution in [0.15, 0.2) is 18.2 Å². The summed E-state index contributed by atoms with van der Waals surface area (Å²) in [5.74, 6) is 0.305. The van der Waals surface area contributed by atoms with Gasteiger partial charge in [-0.05, 0) is 30.4 Å². The van der Waals surface area contributed by atoms with Crippen molar-refractivity contribution in [3.63, 3.8) is 0 Å². The molecule has 1 fully saturated rings. The predicted octanol–water partition coefficient (Wildman–Crippen LogP) is 3.38. The van der Waals surface area contributed by atoms with Crippen LogP contribution in [0.25, 0.3) is 0 Å².